The monoisotopic (exact) mass is 323 g/mol. The van der Waals surface area contributed by atoms with Gasteiger partial charge in [-0.25, -0.2) is 0 Å². The number of aryl methyl sites for hydroxylation is 2. The van der Waals surface area contributed by atoms with E-state index in [9.17, 15) is 0 Å². The molecule has 123 valence electrons. The molecule has 3 aromatic carbocycles. The van der Waals surface area contributed by atoms with E-state index < -0.39 is 0 Å². The van der Waals surface area contributed by atoms with Gasteiger partial charge in [0.1, 0.15) is 0 Å². The summed E-state index contributed by atoms with van der Waals surface area (Å²) in [5.41, 5.74) is 10.0. The predicted molar refractivity (Wildman–Crippen MR) is 108 cm³/mol. The normalized spacial score (nSPS) is 15.1. The molecule has 0 bridgehead atoms. The third-order valence-corrected chi connectivity index (χ3v) is 5.62. The van der Waals surface area contributed by atoms with Crippen molar-refractivity contribution in [3.63, 3.8) is 0 Å². The minimum absolute atomic E-state index is 0.692. The van der Waals surface area contributed by atoms with Crippen LogP contribution in [0.5, 0.6) is 0 Å². The molecule has 0 N–H and O–H groups in total. The lowest BCUT2D eigenvalue weighted by Gasteiger charge is -2.12. The summed E-state index contributed by atoms with van der Waals surface area (Å²) in [4.78, 5) is 0. The molecule has 0 heterocycles. The van der Waals surface area contributed by atoms with Crippen molar-refractivity contribution in [2.45, 2.75) is 33.1 Å². The van der Waals surface area contributed by atoms with Gasteiger partial charge in [0.2, 0.25) is 0 Å². The Kier molecular flexibility index (Phi) is 3.35. The second kappa shape index (κ2) is 5.59. The standard InChI is InChI=1S/C25H23/c1-16(2)13-17-14-20-6-4-7-21(24(20)15-17)22-12-11-19-10-9-18-5-3-8-23(22)25(18)19/h3-8,11-12,14-16H,9-10,13H2,1-2H3. The summed E-state index contributed by atoms with van der Waals surface area (Å²) in [6.07, 6.45) is 8.31. The summed E-state index contributed by atoms with van der Waals surface area (Å²) in [6, 6.07) is 18.3. The Balaban J connectivity index is 1.71. The molecule has 0 saturated heterocycles. The number of fused-ring (bicyclic) bond motifs is 1. The highest BCUT2D eigenvalue weighted by Crippen LogP contribution is 2.42. The first-order chi connectivity index (χ1) is 12.2. The Morgan fingerprint density at radius 1 is 0.840 bits per heavy atom. The Bertz CT molecular complexity index is 1010. The molecular formula is C25H23. The molecule has 2 aliphatic carbocycles. The van der Waals surface area contributed by atoms with Crippen molar-refractivity contribution >= 4 is 16.8 Å². The maximum atomic E-state index is 2.41. The fourth-order valence-electron chi connectivity index (χ4n) is 4.60. The zero-order valence-electron chi connectivity index (χ0n) is 15.0. The minimum atomic E-state index is 0.692. The van der Waals surface area contributed by atoms with Gasteiger partial charge < -0.3 is 0 Å². The highest BCUT2D eigenvalue weighted by atomic mass is 14.2. The Hall–Kier alpha value is -2.34. The molecule has 0 aromatic heterocycles. The van der Waals surface area contributed by atoms with Crippen LogP contribution < -0.4 is 0 Å². The van der Waals surface area contributed by atoms with Crippen LogP contribution in [-0.2, 0) is 12.8 Å². The second-order valence-electron chi connectivity index (χ2n) is 7.88. The first kappa shape index (κ1) is 15.0. The Morgan fingerprint density at radius 3 is 2.48 bits per heavy atom. The van der Waals surface area contributed by atoms with Gasteiger partial charge in [-0.1, -0.05) is 74.0 Å². The van der Waals surface area contributed by atoms with Crippen molar-refractivity contribution < 1.29 is 0 Å². The number of hydrogen-bond donors (Lipinski definition) is 0. The molecule has 0 heteroatoms. The molecule has 3 aromatic rings. The molecule has 5 rings (SSSR count). The van der Waals surface area contributed by atoms with Crippen LogP contribution in [0.3, 0.4) is 0 Å². The summed E-state index contributed by atoms with van der Waals surface area (Å²) in [6.45, 7) is 4.59. The lowest BCUT2D eigenvalue weighted by atomic mass is 9.91. The maximum Gasteiger partial charge on any atom is 0.0164 e. The van der Waals surface area contributed by atoms with E-state index in [0.29, 0.717) is 5.92 Å². The molecule has 0 aliphatic heterocycles. The van der Waals surface area contributed by atoms with E-state index in [0.717, 1.165) is 6.42 Å². The Morgan fingerprint density at radius 2 is 1.64 bits per heavy atom. The van der Waals surface area contributed by atoms with E-state index in [2.05, 4.69) is 74.9 Å². The second-order valence-corrected chi connectivity index (χ2v) is 7.88. The molecule has 2 aliphatic rings. The van der Waals surface area contributed by atoms with Crippen LogP contribution in [0, 0.1) is 12.3 Å². The van der Waals surface area contributed by atoms with Crippen molar-refractivity contribution in [2.24, 2.45) is 5.92 Å². The quantitative estimate of drug-likeness (QED) is 0.509. The van der Waals surface area contributed by atoms with Gasteiger partial charge in [-0.15, -0.1) is 0 Å². The maximum absolute atomic E-state index is 2.41. The SMILES string of the molecule is CC(C)CC1=Cc2c(cccc2-c2ccc3c4c(cccc24)CC3)[CH]1. The Labute approximate surface area is 150 Å². The third kappa shape index (κ3) is 2.35. The van der Waals surface area contributed by atoms with Crippen molar-refractivity contribution in [3.05, 3.63) is 82.8 Å². The van der Waals surface area contributed by atoms with Gasteiger partial charge in [0.05, 0.1) is 0 Å². The smallest absolute Gasteiger partial charge is 0.0164 e. The predicted octanol–water partition coefficient (Wildman–Crippen LogP) is 6.60. The molecule has 0 spiro atoms. The molecule has 25 heavy (non-hydrogen) atoms. The zero-order valence-corrected chi connectivity index (χ0v) is 15.0. The van der Waals surface area contributed by atoms with Gasteiger partial charge >= 0.3 is 0 Å². The molecule has 0 amide bonds. The third-order valence-electron chi connectivity index (χ3n) is 5.62. The summed E-state index contributed by atoms with van der Waals surface area (Å²) in [5, 5.41) is 2.93. The van der Waals surface area contributed by atoms with E-state index in [1.54, 1.807) is 0 Å². The van der Waals surface area contributed by atoms with Gasteiger partial charge in [0.25, 0.3) is 0 Å². The van der Waals surface area contributed by atoms with Crippen LogP contribution in [0.2, 0.25) is 0 Å². The first-order valence-corrected chi connectivity index (χ1v) is 9.43. The molecule has 0 fully saturated rings. The van der Waals surface area contributed by atoms with E-state index >= 15 is 0 Å². The molecular weight excluding hydrogens is 300 g/mol. The van der Waals surface area contributed by atoms with Crippen LogP contribution >= 0.6 is 0 Å². The summed E-state index contributed by atoms with van der Waals surface area (Å²) in [5.74, 6) is 0.692. The van der Waals surface area contributed by atoms with Crippen molar-refractivity contribution in [1.29, 1.82) is 0 Å². The van der Waals surface area contributed by atoms with Crippen molar-refractivity contribution in [3.8, 4) is 11.1 Å². The van der Waals surface area contributed by atoms with Crippen LogP contribution in [0.4, 0.5) is 0 Å². The van der Waals surface area contributed by atoms with Gasteiger partial charge in [-0.05, 0) is 69.3 Å². The van der Waals surface area contributed by atoms with E-state index in [1.807, 2.05) is 0 Å². The molecule has 0 saturated carbocycles. The fourth-order valence-corrected chi connectivity index (χ4v) is 4.60. The topological polar surface area (TPSA) is 0 Å². The van der Waals surface area contributed by atoms with Crippen LogP contribution in [0.1, 0.15) is 42.5 Å². The highest BCUT2D eigenvalue weighted by Gasteiger charge is 2.21. The van der Waals surface area contributed by atoms with E-state index in [-0.39, 0.29) is 0 Å². The highest BCUT2D eigenvalue weighted by molar-refractivity contribution is 6.03. The van der Waals surface area contributed by atoms with Crippen LogP contribution in [0.15, 0.2) is 54.1 Å². The average molecular weight is 323 g/mol. The number of rotatable bonds is 3. The fraction of sp³-hybridized carbons (Fsp3) is 0.240. The number of allylic oxidation sites excluding steroid dienone is 1. The zero-order chi connectivity index (χ0) is 17.0. The van der Waals surface area contributed by atoms with Crippen LogP contribution in [0.25, 0.3) is 28.0 Å². The van der Waals surface area contributed by atoms with Crippen molar-refractivity contribution in [2.75, 3.05) is 0 Å². The summed E-state index contributed by atoms with van der Waals surface area (Å²) >= 11 is 0. The van der Waals surface area contributed by atoms with Gasteiger partial charge in [0, 0.05) is 6.42 Å². The lowest BCUT2D eigenvalue weighted by molar-refractivity contribution is 0.649. The average Bonchev–Trinajstić information content (AvgIpc) is 3.19. The van der Waals surface area contributed by atoms with Crippen LogP contribution in [-0.4, -0.2) is 0 Å². The molecule has 0 unspecified atom stereocenters. The summed E-state index contributed by atoms with van der Waals surface area (Å²) < 4.78 is 0. The first-order valence-electron chi connectivity index (χ1n) is 9.43. The van der Waals surface area contributed by atoms with Gasteiger partial charge in [-0.3, -0.25) is 0 Å². The number of benzene rings is 3. The van der Waals surface area contributed by atoms with Gasteiger partial charge in [0.15, 0.2) is 0 Å². The lowest BCUT2D eigenvalue weighted by Crippen LogP contribution is -1.90. The molecule has 1 radical (unpaired) electrons. The summed E-state index contributed by atoms with van der Waals surface area (Å²) in [7, 11) is 0. The largest absolute Gasteiger partial charge is 0.0625 e. The molecule has 0 atom stereocenters. The van der Waals surface area contributed by atoms with Crippen molar-refractivity contribution in [1.82, 2.24) is 0 Å². The van der Waals surface area contributed by atoms with E-state index in [4.69, 9.17) is 0 Å². The minimum Gasteiger partial charge on any atom is -0.0625 e. The molecule has 0 nitrogen and oxygen atoms in total. The number of hydrogen-bond acceptors (Lipinski definition) is 0. The van der Waals surface area contributed by atoms with Gasteiger partial charge in [-0.2, -0.15) is 0 Å². The van der Waals surface area contributed by atoms with E-state index in [1.165, 1.54) is 62.6 Å².